The number of rotatable bonds is 1. The number of allylic oxidation sites excluding steroid dienone is 2. The van der Waals surface area contributed by atoms with E-state index in [-0.39, 0.29) is 11.7 Å². The highest BCUT2D eigenvalue weighted by molar-refractivity contribution is 5.90. The molecule has 1 aliphatic carbocycles. The zero-order valence-corrected chi connectivity index (χ0v) is 8.37. The van der Waals surface area contributed by atoms with Crippen LogP contribution in [0, 0.1) is 28.6 Å². The molecule has 0 aromatic heterocycles. The minimum atomic E-state index is -0.403. The summed E-state index contributed by atoms with van der Waals surface area (Å²) in [6, 6.07) is 2.28. The Labute approximate surface area is 79.2 Å². The van der Waals surface area contributed by atoms with E-state index in [1.54, 1.807) is 6.08 Å². The van der Waals surface area contributed by atoms with Crippen molar-refractivity contribution in [2.45, 2.75) is 27.2 Å². The van der Waals surface area contributed by atoms with Crippen molar-refractivity contribution in [1.29, 1.82) is 5.26 Å². The molecule has 0 radical (unpaired) electrons. The third-order valence-electron chi connectivity index (χ3n) is 2.86. The monoisotopic (exact) mass is 177 g/mol. The van der Waals surface area contributed by atoms with Crippen LogP contribution in [0.15, 0.2) is 12.2 Å². The molecule has 2 heteroatoms. The fourth-order valence-corrected chi connectivity index (χ4v) is 1.86. The van der Waals surface area contributed by atoms with Gasteiger partial charge in [-0.15, -0.1) is 0 Å². The first kappa shape index (κ1) is 9.98. The van der Waals surface area contributed by atoms with Crippen molar-refractivity contribution in [2.24, 2.45) is 17.3 Å². The van der Waals surface area contributed by atoms with E-state index >= 15 is 0 Å². The molecule has 0 fully saturated rings. The van der Waals surface area contributed by atoms with E-state index in [1.165, 1.54) is 0 Å². The van der Waals surface area contributed by atoms with Crippen LogP contribution in [0.3, 0.4) is 0 Å². The summed E-state index contributed by atoms with van der Waals surface area (Å²) in [5, 5.41) is 8.96. The normalized spacial score (nSPS) is 28.6. The van der Waals surface area contributed by atoms with Crippen LogP contribution in [-0.4, -0.2) is 5.78 Å². The molecule has 0 amide bonds. The molecular weight excluding hydrogens is 162 g/mol. The van der Waals surface area contributed by atoms with Crippen molar-refractivity contribution in [2.75, 3.05) is 0 Å². The molecule has 2 nitrogen and oxygen atoms in total. The predicted molar refractivity (Wildman–Crippen MR) is 50.8 cm³/mol. The SMILES string of the molecule is C[C@@H]1C=CC(=O)C[C@H]1C(C)(C)C#N. The van der Waals surface area contributed by atoms with Crippen molar-refractivity contribution in [3.63, 3.8) is 0 Å². The van der Waals surface area contributed by atoms with Gasteiger partial charge in [-0.25, -0.2) is 0 Å². The van der Waals surface area contributed by atoms with E-state index in [0.29, 0.717) is 12.3 Å². The molecule has 0 heterocycles. The van der Waals surface area contributed by atoms with Crippen LogP contribution in [0.2, 0.25) is 0 Å². The molecular formula is C11H15NO. The smallest absolute Gasteiger partial charge is 0.155 e. The zero-order valence-electron chi connectivity index (χ0n) is 8.37. The summed E-state index contributed by atoms with van der Waals surface area (Å²) in [5.74, 6) is 0.633. The highest BCUT2D eigenvalue weighted by Gasteiger charge is 2.35. The summed E-state index contributed by atoms with van der Waals surface area (Å²) in [7, 11) is 0. The van der Waals surface area contributed by atoms with Gasteiger partial charge in [-0.05, 0) is 31.8 Å². The lowest BCUT2D eigenvalue weighted by Gasteiger charge is -2.33. The van der Waals surface area contributed by atoms with Gasteiger partial charge in [-0.3, -0.25) is 4.79 Å². The Morgan fingerprint density at radius 2 is 2.23 bits per heavy atom. The Kier molecular flexibility index (Phi) is 2.56. The number of ketones is 1. The molecule has 13 heavy (non-hydrogen) atoms. The number of hydrogen-bond donors (Lipinski definition) is 0. The van der Waals surface area contributed by atoms with Gasteiger partial charge in [-0.1, -0.05) is 13.0 Å². The number of carbonyl (C=O) groups is 1. The Morgan fingerprint density at radius 3 is 2.77 bits per heavy atom. The van der Waals surface area contributed by atoms with Gasteiger partial charge in [0.2, 0.25) is 0 Å². The highest BCUT2D eigenvalue weighted by atomic mass is 16.1. The molecule has 0 aliphatic heterocycles. The summed E-state index contributed by atoms with van der Waals surface area (Å²) in [6.07, 6.45) is 4.06. The maximum atomic E-state index is 11.2. The van der Waals surface area contributed by atoms with Gasteiger partial charge in [0.25, 0.3) is 0 Å². The first-order valence-electron chi connectivity index (χ1n) is 4.59. The molecule has 1 aliphatic rings. The van der Waals surface area contributed by atoms with Gasteiger partial charge >= 0.3 is 0 Å². The maximum absolute atomic E-state index is 11.2. The first-order valence-corrected chi connectivity index (χ1v) is 4.59. The molecule has 70 valence electrons. The first-order chi connectivity index (χ1) is 5.97. The van der Waals surface area contributed by atoms with E-state index in [0.717, 1.165) is 0 Å². The van der Waals surface area contributed by atoms with E-state index in [2.05, 4.69) is 13.0 Å². The highest BCUT2D eigenvalue weighted by Crippen LogP contribution is 2.37. The molecule has 0 unspecified atom stereocenters. The number of nitriles is 1. The van der Waals surface area contributed by atoms with Gasteiger partial charge in [0.15, 0.2) is 5.78 Å². The van der Waals surface area contributed by atoms with Gasteiger partial charge < -0.3 is 0 Å². The van der Waals surface area contributed by atoms with Gasteiger partial charge in [-0.2, -0.15) is 5.26 Å². The largest absolute Gasteiger partial charge is 0.295 e. The number of nitrogens with zero attached hydrogens (tertiary/aromatic N) is 1. The minimum absolute atomic E-state index is 0.145. The summed E-state index contributed by atoms with van der Waals surface area (Å²) < 4.78 is 0. The second kappa shape index (κ2) is 3.33. The molecule has 0 saturated heterocycles. The maximum Gasteiger partial charge on any atom is 0.155 e. The van der Waals surface area contributed by atoms with E-state index in [1.807, 2.05) is 19.9 Å². The van der Waals surface area contributed by atoms with E-state index < -0.39 is 5.41 Å². The fraction of sp³-hybridized carbons (Fsp3) is 0.636. The predicted octanol–water partition coefficient (Wildman–Crippen LogP) is 2.32. The molecule has 0 N–H and O–H groups in total. The van der Waals surface area contributed by atoms with Crippen LogP contribution >= 0.6 is 0 Å². The summed E-state index contributed by atoms with van der Waals surface area (Å²) in [5.41, 5.74) is -0.403. The Morgan fingerprint density at radius 1 is 1.62 bits per heavy atom. The van der Waals surface area contributed by atoms with Crippen molar-refractivity contribution < 1.29 is 4.79 Å². The summed E-state index contributed by atoms with van der Waals surface area (Å²) >= 11 is 0. The number of hydrogen-bond acceptors (Lipinski definition) is 2. The molecule has 1 rings (SSSR count). The molecule has 2 atom stereocenters. The molecule has 0 saturated carbocycles. The lowest BCUT2D eigenvalue weighted by Crippen LogP contribution is -2.31. The van der Waals surface area contributed by atoms with Crippen LogP contribution in [0.5, 0.6) is 0 Å². The molecule has 0 aromatic carbocycles. The second-order valence-electron chi connectivity index (χ2n) is 4.33. The minimum Gasteiger partial charge on any atom is -0.295 e. The third kappa shape index (κ3) is 1.98. The number of carbonyl (C=O) groups excluding carboxylic acids is 1. The van der Waals surface area contributed by atoms with Gasteiger partial charge in [0.1, 0.15) is 0 Å². The van der Waals surface area contributed by atoms with Crippen LogP contribution in [-0.2, 0) is 4.79 Å². The van der Waals surface area contributed by atoms with Gasteiger partial charge in [0, 0.05) is 6.42 Å². The van der Waals surface area contributed by atoms with Crippen molar-refractivity contribution in [1.82, 2.24) is 0 Å². The van der Waals surface area contributed by atoms with Crippen LogP contribution in [0.4, 0.5) is 0 Å². The summed E-state index contributed by atoms with van der Waals surface area (Å²) in [4.78, 5) is 11.2. The Hall–Kier alpha value is -1.10. The average Bonchev–Trinajstić information content (AvgIpc) is 2.09. The van der Waals surface area contributed by atoms with Crippen molar-refractivity contribution in [3.05, 3.63) is 12.2 Å². The Balaban J connectivity index is 2.89. The quantitative estimate of drug-likeness (QED) is 0.616. The van der Waals surface area contributed by atoms with Gasteiger partial charge in [0.05, 0.1) is 11.5 Å². The Bertz CT molecular complexity index is 283. The topological polar surface area (TPSA) is 40.9 Å². The zero-order chi connectivity index (χ0) is 10.1. The lowest BCUT2D eigenvalue weighted by molar-refractivity contribution is -0.117. The lowest BCUT2D eigenvalue weighted by atomic mass is 9.69. The molecule has 0 bridgehead atoms. The standard InChI is InChI=1S/C11H15NO/c1-8-4-5-9(13)6-10(8)11(2,3)7-12/h4-5,8,10H,6H2,1-3H3/t8-,10-/m1/s1. The van der Waals surface area contributed by atoms with Crippen LogP contribution < -0.4 is 0 Å². The average molecular weight is 177 g/mol. The van der Waals surface area contributed by atoms with Crippen molar-refractivity contribution in [3.8, 4) is 6.07 Å². The second-order valence-corrected chi connectivity index (χ2v) is 4.33. The van der Waals surface area contributed by atoms with Crippen molar-refractivity contribution >= 4 is 5.78 Å². The molecule has 0 spiro atoms. The summed E-state index contributed by atoms with van der Waals surface area (Å²) in [6.45, 7) is 5.87. The van der Waals surface area contributed by atoms with Crippen LogP contribution in [0.25, 0.3) is 0 Å². The van der Waals surface area contributed by atoms with Crippen LogP contribution in [0.1, 0.15) is 27.2 Å². The van der Waals surface area contributed by atoms with E-state index in [4.69, 9.17) is 5.26 Å². The fourth-order valence-electron chi connectivity index (χ4n) is 1.86. The third-order valence-corrected chi connectivity index (χ3v) is 2.86. The molecule has 0 aromatic rings. The van der Waals surface area contributed by atoms with E-state index in [9.17, 15) is 4.79 Å².